The number of nitrogens with zero attached hydrogens (tertiary/aromatic N) is 1. The Bertz CT molecular complexity index is 461. The van der Waals surface area contributed by atoms with Crippen LogP contribution in [0.5, 0.6) is 0 Å². The molecule has 116 valence electrons. The van der Waals surface area contributed by atoms with Gasteiger partial charge in [-0.25, -0.2) is 0 Å². The summed E-state index contributed by atoms with van der Waals surface area (Å²) in [7, 11) is 4.37. The molecule has 1 amide bonds. The van der Waals surface area contributed by atoms with Crippen molar-refractivity contribution in [3.63, 3.8) is 0 Å². The third-order valence-corrected chi connectivity index (χ3v) is 5.16. The minimum Gasteiger partial charge on any atom is -0.354 e. The Kier molecular flexibility index (Phi) is 5.04. The largest absolute Gasteiger partial charge is 0.354 e. The molecule has 0 radical (unpaired) electrons. The molecule has 1 fully saturated rings. The van der Waals surface area contributed by atoms with E-state index in [1.165, 1.54) is 5.56 Å². The van der Waals surface area contributed by atoms with Crippen molar-refractivity contribution in [2.75, 3.05) is 14.1 Å². The standard InChI is InChI=1S/C18H28N2O/c1-14(19-15(2)21)16-10-12-18(13-11-16,20(3)4)17-8-6-5-7-9-17/h5-9,14,16H,10-13H2,1-4H3,(H,19,21). The van der Waals surface area contributed by atoms with E-state index >= 15 is 0 Å². The number of benzene rings is 1. The zero-order valence-corrected chi connectivity index (χ0v) is 13.7. The Balaban J connectivity index is 2.10. The predicted molar refractivity (Wildman–Crippen MR) is 87.0 cm³/mol. The van der Waals surface area contributed by atoms with Crippen LogP contribution in [-0.2, 0) is 10.3 Å². The second kappa shape index (κ2) is 6.61. The van der Waals surface area contributed by atoms with Crippen LogP contribution in [0.3, 0.4) is 0 Å². The molecule has 3 heteroatoms. The Morgan fingerprint density at radius 3 is 2.29 bits per heavy atom. The maximum Gasteiger partial charge on any atom is 0.217 e. The Morgan fingerprint density at radius 2 is 1.81 bits per heavy atom. The first-order chi connectivity index (χ1) is 9.95. The zero-order chi connectivity index (χ0) is 15.5. The number of carbonyl (C=O) groups excluding carboxylic acids is 1. The van der Waals surface area contributed by atoms with Crippen LogP contribution >= 0.6 is 0 Å². The minimum absolute atomic E-state index is 0.0787. The van der Waals surface area contributed by atoms with Crippen LogP contribution < -0.4 is 5.32 Å². The molecular weight excluding hydrogens is 260 g/mol. The maximum absolute atomic E-state index is 11.2. The van der Waals surface area contributed by atoms with E-state index in [0.717, 1.165) is 25.7 Å². The first-order valence-corrected chi connectivity index (χ1v) is 7.96. The van der Waals surface area contributed by atoms with Crippen LogP contribution in [0.1, 0.15) is 45.1 Å². The zero-order valence-electron chi connectivity index (χ0n) is 13.7. The number of hydrogen-bond acceptors (Lipinski definition) is 2. The lowest BCUT2D eigenvalue weighted by Gasteiger charge is -2.46. The Morgan fingerprint density at radius 1 is 1.24 bits per heavy atom. The van der Waals surface area contributed by atoms with Crippen molar-refractivity contribution in [2.45, 2.75) is 51.1 Å². The van der Waals surface area contributed by atoms with Gasteiger partial charge in [0.05, 0.1) is 0 Å². The SMILES string of the molecule is CC(=O)NC(C)C1CCC(c2ccccc2)(N(C)C)CC1. The average Bonchev–Trinajstić information content (AvgIpc) is 2.47. The van der Waals surface area contributed by atoms with E-state index in [1.807, 2.05) is 0 Å². The fourth-order valence-electron chi connectivity index (χ4n) is 3.80. The molecule has 1 aliphatic carbocycles. The van der Waals surface area contributed by atoms with Gasteiger partial charge in [0, 0.05) is 18.5 Å². The molecule has 1 aromatic carbocycles. The molecule has 3 nitrogen and oxygen atoms in total. The highest BCUT2D eigenvalue weighted by Gasteiger charge is 2.39. The molecular formula is C18H28N2O. The highest BCUT2D eigenvalue weighted by molar-refractivity contribution is 5.73. The molecule has 1 atom stereocenters. The van der Waals surface area contributed by atoms with E-state index in [4.69, 9.17) is 0 Å². The van der Waals surface area contributed by atoms with Crippen molar-refractivity contribution in [1.29, 1.82) is 0 Å². The van der Waals surface area contributed by atoms with Crippen LogP contribution in [0, 0.1) is 5.92 Å². The van der Waals surface area contributed by atoms with Gasteiger partial charge in [0.1, 0.15) is 0 Å². The average molecular weight is 288 g/mol. The number of carbonyl (C=O) groups is 1. The summed E-state index contributed by atoms with van der Waals surface area (Å²) < 4.78 is 0. The highest BCUT2D eigenvalue weighted by atomic mass is 16.1. The van der Waals surface area contributed by atoms with Gasteiger partial charge < -0.3 is 5.32 Å². The van der Waals surface area contributed by atoms with E-state index in [0.29, 0.717) is 5.92 Å². The lowest BCUT2D eigenvalue weighted by Crippen LogP contribution is -2.47. The molecule has 1 N–H and O–H groups in total. The molecule has 0 heterocycles. The summed E-state index contributed by atoms with van der Waals surface area (Å²) in [5.41, 5.74) is 1.56. The summed E-state index contributed by atoms with van der Waals surface area (Å²) in [6, 6.07) is 11.1. The van der Waals surface area contributed by atoms with Gasteiger partial charge in [0.2, 0.25) is 5.91 Å². The first kappa shape index (κ1) is 16.0. The number of amides is 1. The molecule has 0 spiro atoms. The predicted octanol–water partition coefficient (Wildman–Crippen LogP) is 3.16. The molecule has 1 saturated carbocycles. The number of nitrogens with one attached hydrogen (secondary N) is 1. The molecule has 1 unspecified atom stereocenters. The van der Waals surface area contributed by atoms with Gasteiger partial charge in [-0.05, 0) is 58.2 Å². The molecule has 0 aliphatic heterocycles. The molecule has 0 aromatic heterocycles. The summed E-state index contributed by atoms with van der Waals surface area (Å²) in [4.78, 5) is 13.6. The lowest BCUT2D eigenvalue weighted by atomic mass is 9.70. The monoisotopic (exact) mass is 288 g/mol. The third-order valence-electron chi connectivity index (χ3n) is 5.16. The molecule has 0 bridgehead atoms. The molecule has 1 aromatic rings. The molecule has 2 rings (SSSR count). The van der Waals surface area contributed by atoms with Gasteiger partial charge in [-0.1, -0.05) is 30.3 Å². The van der Waals surface area contributed by atoms with Crippen LogP contribution in [-0.4, -0.2) is 30.9 Å². The highest BCUT2D eigenvalue weighted by Crippen LogP contribution is 2.43. The summed E-state index contributed by atoms with van der Waals surface area (Å²) in [5.74, 6) is 0.667. The second-order valence-electron chi connectivity index (χ2n) is 6.62. The Hall–Kier alpha value is -1.35. The van der Waals surface area contributed by atoms with Crippen LogP contribution in [0.4, 0.5) is 0 Å². The third kappa shape index (κ3) is 3.46. The van der Waals surface area contributed by atoms with E-state index in [2.05, 4.69) is 61.6 Å². The number of rotatable bonds is 4. The van der Waals surface area contributed by atoms with Crippen molar-refractivity contribution >= 4 is 5.91 Å². The summed E-state index contributed by atoms with van der Waals surface area (Å²) in [6.45, 7) is 3.74. The second-order valence-corrected chi connectivity index (χ2v) is 6.62. The van der Waals surface area contributed by atoms with Crippen molar-refractivity contribution in [3.05, 3.63) is 35.9 Å². The van der Waals surface area contributed by atoms with Gasteiger partial charge >= 0.3 is 0 Å². The van der Waals surface area contributed by atoms with E-state index in [1.54, 1.807) is 6.92 Å². The van der Waals surface area contributed by atoms with Gasteiger partial charge in [-0.3, -0.25) is 9.69 Å². The fraction of sp³-hybridized carbons (Fsp3) is 0.611. The fourth-order valence-corrected chi connectivity index (χ4v) is 3.80. The summed E-state index contributed by atoms with van der Waals surface area (Å²) in [6.07, 6.45) is 4.63. The van der Waals surface area contributed by atoms with Gasteiger partial charge in [0.15, 0.2) is 0 Å². The summed E-state index contributed by atoms with van der Waals surface area (Å²) in [5, 5.41) is 3.06. The van der Waals surface area contributed by atoms with E-state index < -0.39 is 0 Å². The normalized spacial score (nSPS) is 27.4. The van der Waals surface area contributed by atoms with Gasteiger partial charge in [-0.2, -0.15) is 0 Å². The smallest absolute Gasteiger partial charge is 0.217 e. The van der Waals surface area contributed by atoms with Crippen LogP contribution in [0.15, 0.2) is 30.3 Å². The van der Waals surface area contributed by atoms with Crippen LogP contribution in [0.25, 0.3) is 0 Å². The Labute approximate surface area is 128 Å². The van der Waals surface area contributed by atoms with Crippen molar-refractivity contribution in [3.8, 4) is 0 Å². The topological polar surface area (TPSA) is 32.3 Å². The molecule has 0 saturated heterocycles. The van der Waals surface area contributed by atoms with E-state index in [9.17, 15) is 4.79 Å². The first-order valence-electron chi connectivity index (χ1n) is 7.96. The number of hydrogen-bond donors (Lipinski definition) is 1. The lowest BCUT2D eigenvalue weighted by molar-refractivity contribution is -0.120. The van der Waals surface area contributed by atoms with Gasteiger partial charge in [-0.15, -0.1) is 0 Å². The summed E-state index contributed by atoms with van der Waals surface area (Å²) >= 11 is 0. The van der Waals surface area contributed by atoms with Crippen LogP contribution in [0.2, 0.25) is 0 Å². The van der Waals surface area contributed by atoms with Gasteiger partial charge in [0.25, 0.3) is 0 Å². The molecule has 1 aliphatic rings. The quantitative estimate of drug-likeness (QED) is 0.923. The van der Waals surface area contributed by atoms with Crippen molar-refractivity contribution in [1.82, 2.24) is 10.2 Å². The van der Waals surface area contributed by atoms with Crippen molar-refractivity contribution < 1.29 is 4.79 Å². The molecule has 21 heavy (non-hydrogen) atoms. The van der Waals surface area contributed by atoms with E-state index in [-0.39, 0.29) is 17.5 Å². The van der Waals surface area contributed by atoms with Crippen molar-refractivity contribution in [2.24, 2.45) is 5.92 Å². The maximum atomic E-state index is 11.2. The minimum atomic E-state index is 0.0787.